The van der Waals surface area contributed by atoms with Crippen molar-refractivity contribution >= 4 is 19.8 Å². The molecule has 0 rings (SSSR count). The van der Waals surface area contributed by atoms with Gasteiger partial charge in [-0.2, -0.15) is 0 Å². The number of nitrogens with two attached hydrogens (primary N) is 1. The van der Waals surface area contributed by atoms with Crippen LogP contribution in [0.15, 0.2) is 24.3 Å². The van der Waals surface area contributed by atoms with Gasteiger partial charge in [-0.25, -0.2) is 4.57 Å². The highest BCUT2D eigenvalue weighted by Gasteiger charge is 2.26. The summed E-state index contributed by atoms with van der Waals surface area (Å²) < 4.78 is 32.8. The molecule has 0 aliphatic rings. The molecule has 0 aromatic heterocycles. The molecule has 0 aromatic carbocycles. The van der Waals surface area contributed by atoms with Crippen molar-refractivity contribution in [2.75, 3.05) is 26.4 Å². The second-order valence-corrected chi connectivity index (χ2v) is 16.7. The fourth-order valence-corrected chi connectivity index (χ4v) is 7.20. The Labute approximate surface area is 338 Å². The Bertz CT molecular complexity index is 959. The van der Waals surface area contributed by atoms with E-state index >= 15 is 0 Å². The average molecular weight is 800 g/mol. The zero-order valence-electron chi connectivity index (χ0n) is 35.7. The molecule has 0 spiro atoms. The number of esters is 2. The number of unbranched alkanes of at least 4 members (excludes halogenated alkanes) is 26. The molecule has 0 aliphatic heterocycles. The molecule has 0 fully saturated rings. The normalized spacial score (nSPS) is 13.5. The van der Waals surface area contributed by atoms with Crippen molar-refractivity contribution < 1.29 is 37.6 Å². The van der Waals surface area contributed by atoms with E-state index < -0.39 is 26.5 Å². The summed E-state index contributed by atoms with van der Waals surface area (Å²) in [6.45, 7) is 3.73. The number of hydrogen-bond donors (Lipinski definition) is 2. The zero-order valence-corrected chi connectivity index (χ0v) is 36.6. The first kappa shape index (κ1) is 53.5. The number of carbonyl (C=O) groups excluding carboxylic acids is 2. The largest absolute Gasteiger partial charge is 0.472 e. The summed E-state index contributed by atoms with van der Waals surface area (Å²) in [7, 11) is -4.37. The molecule has 0 bridgehead atoms. The minimum absolute atomic E-state index is 0.0544. The Balaban J connectivity index is 4.10. The predicted octanol–water partition coefficient (Wildman–Crippen LogP) is 13.2. The summed E-state index contributed by atoms with van der Waals surface area (Å²) in [5, 5.41) is 0. The van der Waals surface area contributed by atoms with E-state index in [0.29, 0.717) is 6.42 Å². The van der Waals surface area contributed by atoms with Crippen LogP contribution in [0.4, 0.5) is 0 Å². The lowest BCUT2D eigenvalue weighted by Gasteiger charge is -2.19. The standard InChI is InChI=1S/C45H86NO8P/c1-3-5-7-9-11-13-15-17-19-20-21-22-24-26-28-30-32-34-36-38-45(48)54-43(42-53-55(49,50)52-40-39-46)41-51-44(47)37-35-33-31-29-27-25-23-18-16-14-12-10-8-6-4-2/h11,13,17,19,43H,3-10,12,14-16,18,20-42,46H2,1-2H3,(H,49,50)/b13-11-,19-17-/t43-/m1/s1. The van der Waals surface area contributed by atoms with Crippen molar-refractivity contribution in [2.45, 2.75) is 225 Å². The SMILES string of the molecule is CCCCC/C=C\C/C=C\CCCCCCCCCCCC(=O)O[C@H](COC(=O)CCCCCCCCCCCCCCCCC)COP(=O)(O)OCCN. The second-order valence-electron chi connectivity index (χ2n) is 15.3. The van der Waals surface area contributed by atoms with E-state index in [9.17, 15) is 19.0 Å². The van der Waals surface area contributed by atoms with E-state index in [1.165, 1.54) is 135 Å². The van der Waals surface area contributed by atoms with Crippen molar-refractivity contribution in [1.82, 2.24) is 0 Å². The van der Waals surface area contributed by atoms with Gasteiger partial charge < -0.3 is 20.1 Å². The fraction of sp³-hybridized carbons (Fsp3) is 0.867. The third-order valence-corrected chi connectivity index (χ3v) is 10.8. The van der Waals surface area contributed by atoms with Crippen LogP contribution in [0.1, 0.15) is 219 Å². The number of phosphoric ester groups is 1. The lowest BCUT2D eigenvalue weighted by Crippen LogP contribution is -2.29. The maximum Gasteiger partial charge on any atom is 0.472 e. The molecule has 0 aliphatic carbocycles. The summed E-state index contributed by atoms with van der Waals surface area (Å²) in [5.41, 5.74) is 5.35. The van der Waals surface area contributed by atoms with E-state index in [2.05, 4.69) is 38.2 Å². The van der Waals surface area contributed by atoms with Gasteiger partial charge in [0, 0.05) is 19.4 Å². The van der Waals surface area contributed by atoms with Gasteiger partial charge in [0.15, 0.2) is 6.10 Å². The van der Waals surface area contributed by atoms with Gasteiger partial charge in [-0.1, -0.05) is 186 Å². The number of allylic oxidation sites excluding steroid dienone is 4. The number of carbonyl (C=O) groups is 2. The molecule has 0 aromatic rings. The molecule has 10 heteroatoms. The smallest absolute Gasteiger partial charge is 0.462 e. The Morgan fingerprint density at radius 1 is 0.545 bits per heavy atom. The number of phosphoric acid groups is 1. The summed E-state index contributed by atoms with van der Waals surface area (Å²) in [6.07, 6.45) is 44.9. The maximum atomic E-state index is 12.6. The topological polar surface area (TPSA) is 134 Å². The van der Waals surface area contributed by atoms with Crippen LogP contribution in [-0.4, -0.2) is 49.3 Å². The van der Waals surface area contributed by atoms with Crippen molar-refractivity contribution in [3.8, 4) is 0 Å². The van der Waals surface area contributed by atoms with Gasteiger partial charge in [0.2, 0.25) is 0 Å². The molecule has 3 N–H and O–H groups in total. The van der Waals surface area contributed by atoms with Crippen molar-refractivity contribution in [1.29, 1.82) is 0 Å². The lowest BCUT2D eigenvalue weighted by molar-refractivity contribution is -0.161. The van der Waals surface area contributed by atoms with Crippen molar-refractivity contribution in [2.24, 2.45) is 5.73 Å². The van der Waals surface area contributed by atoms with Gasteiger partial charge in [0.05, 0.1) is 13.2 Å². The maximum absolute atomic E-state index is 12.6. The molecule has 0 saturated heterocycles. The zero-order chi connectivity index (χ0) is 40.3. The van der Waals surface area contributed by atoms with Crippen LogP contribution in [0.3, 0.4) is 0 Å². The Hall–Kier alpha value is -1.51. The van der Waals surface area contributed by atoms with Crippen LogP contribution in [0, 0.1) is 0 Å². The Kier molecular flexibility index (Phi) is 40.9. The van der Waals surface area contributed by atoms with Gasteiger partial charge in [0.25, 0.3) is 0 Å². The van der Waals surface area contributed by atoms with E-state index in [1.807, 2.05) is 0 Å². The molecule has 0 amide bonds. The number of hydrogen-bond acceptors (Lipinski definition) is 8. The molecule has 0 saturated carbocycles. The van der Waals surface area contributed by atoms with E-state index in [0.717, 1.165) is 51.4 Å². The lowest BCUT2D eigenvalue weighted by atomic mass is 10.0. The van der Waals surface area contributed by atoms with Crippen LogP contribution < -0.4 is 5.73 Å². The number of rotatable bonds is 43. The molecular formula is C45H86NO8P. The summed E-state index contributed by atoms with van der Waals surface area (Å²) in [4.78, 5) is 34.9. The van der Waals surface area contributed by atoms with Gasteiger partial charge in [-0.05, 0) is 44.9 Å². The van der Waals surface area contributed by atoms with Gasteiger partial charge in [-0.3, -0.25) is 18.6 Å². The second kappa shape index (κ2) is 42.1. The molecule has 0 heterocycles. The first-order valence-electron chi connectivity index (χ1n) is 22.8. The van der Waals surface area contributed by atoms with E-state index in [-0.39, 0.29) is 38.6 Å². The minimum Gasteiger partial charge on any atom is -0.462 e. The summed E-state index contributed by atoms with van der Waals surface area (Å²) in [5.74, 6) is -0.824. The first-order valence-corrected chi connectivity index (χ1v) is 24.3. The highest BCUT2D eigenvalue weighted by Crippen LogP contribution is 2.43. The van der Waals surface area contributed by atoms with Crippen molar-refractivity contribution in [3.63, 3.8) is 0 Å². The molecule has 55 heavy (non-hydrogen) atoms. The monoisotopic (exact) mass is 800 g/mol. The van der Waals surface area contributed by atoms with Crippen LogP contribution in [0.5, 0.6) is 0 Å². The first-order chi connectivity index (χ1) is 26.8. The number of ether oxygens (including phenoxy) is 2. The minimum atomic E-state index is -4.37. The quantitative estimate of drug-likeness (QED) is 0.0267. The summed E-state index contributed by atoms with van der Waals surface area (Å²) in [6, 6.07) is 0. The highest BCUT2D eigenvalue weighted by molar-refractivity contribution is 7.47. The van der Waals surface area contributed by atoms with Crippen molar-refractivity contribution in [3.05, 3.63) is 24.3 Å². The molecule has 324 valence electrons. The molecule has 0 radical (unpaired) electrons. The van der Waals surface area contributed by atoms with Crippen LogP contribution in [-0.2, 0) is 32.7 Å². The van der Waals surface area contributed by atoms with E-state index in [1.54, 1.807) is 0 Å². The van der Waals surface area contributed by atoms with Crippen LogP contribution >= 0.6 is 7.82 Å². The fourth-order valence-electron chi connectivity index (χ4n) is 6.43. The Morgan fingerprint density at radius 2 is 0.945 bits per heavy atom. The molecule has 2 atom stereocenters. The molecule has 1 unspecified atom stereocenters. The third-order valence-electron chi connectivity index (χ3n) is 9.84. The van der Waals surface area contributed by atoms with Gasteiger partial charge in [0.1, 0.15) is 6.61 Å². The van der Waals surface area contributed by atoms with Gasteiger partial charge >= 0.3 is 19.8 Å². The van der Waals surface area contributed by atoms with E-state index in [4.69, 9.17) is 24.3 Å². The Morgan fingerprint density at radius 3 is 1.42 bits per heavy atom. The van der Waals surface area contributed by atoms with Gasteiger partial charge in [-0.15, -0.1) is 0 Å². The highest BCUT2D eigenvalue weighted by atomic mass is 31.2. The van der Waals surface area contributed by atoms with Crippen LogP contribution in [0.2, 0.25) is 0 Å². The summed E-state index contributed by atoms with van der Waals surface area (Å²) >= 11 is 0. The molecular weight excluding hydrogens is 713 g/mol. The predicted molar refractivity (Wildman–Crippen MR) is 229 cm³/mol. The average Bonchev–Trinajstić information content (AvgIpc) is 3.17. The molecule has 9 nitrogen and oxygen atoms in total. The van der Waals surface area contributed by atoms with Crippen LogP contribution in [0.25, 0.3) is 0 Å². The third kappa shape index (κ3) is 41.9.